The van der Waals surface area contributed by atoms with Crippen molar-refractivity contribution in [3.8, 4) is 0 Å². The monoisotopic (exact) mass is 214 g/mol. The van der Waals surface area contributed by atoms with Crippen molar-refractivity contribution in [3.63, 3.8) is 0 Å². The van der Waals surface area contributed by atoms with Crippen LogP contribution in [0.4, 0.5) is 0 Å². The van der Waals surface area contributed by atoms with Gasteiger partial charge >= 0.3 is 0 Å². The lowest BCUT2D eigenvalue weighted by atomic mass is 9.99. The highest BCUT2D eigenvalue weighted by molar-refractivity contribution is 6.09. The second-order valence-electron chi connectivity index (χ2n) is 3.34. The Bertz CT molecular complexity index is 564. The van der Waals surface area contributed by atoms with E-state index in [1.54, 1.807) is 18.2 Å². The maximum absolute atomic E-state index is 11.4. The Hall–Kier alpha value is -2.20. The average molecular weight is 214 g/mol. The van der Waals surface area contributed by atoms with Crippen LogP contribution in [-0.2, 0) is 0 Å². The van der Waals surface area contributed by atoms with Gasteiger partial charge in [-0.15, -0.1) is 0 Å². The minimum absolute atomic E-state index is 0.288. The van der Waals surface area contributed by atoms with Gasteiger partial charge in [0.1, 0.15) is 0 Å². The topological polar surface area (TPSA) is 72.2 Å². The highest BCUT2D eigenvalue weighted by Crippen LogP contribution is 2.20. The molecule has 0 saturated heterocycles. The molecule has 4 heteroatoms. The minimum Gasteiger partial charge on any atom is -0.298 e. The Morgan fingerprint density at radius 2 is 1.94 bits per heavy atom. The van der Waals surface area contributed by atoms with Crippen molar-refractivity contribution in [2.45, 2.75) is 0 Å². The molecule has 0 aliphatic carbocycles. The number of hydrogen-bond donors (Lipinski definition) is 2. The normalized spacial score (nSPS) is 10.1. The predicted molar refractivity (Wildman–Crippen MR) is 61.0 cm³/mol. The molecule has 0 spiro atoms. The number of nitrogen functional groups attached to an aromatic ring is 1. The summed E-state index contributed by atoms with van der Waals surface area (Å²) < 4.78 is 0. The number of benzene rings is 2. The van der Waals surface area contributed by atoms with Gasteiger partial charge in [0.25, 0.3) is 5.91 Å². The van der Waals surface area contributed by atoms with E-state index in [0.717, 1.165) is 10.8 Å². The number of nitrogens with two attached hydrogens (primary N) is 1. The molecule has 0 heterocycles. The van der Waals surface area contributed by atoms with E-state index in [-0.39, 0.29) is 5.56 Å². The molecule has 16 heavy (non-hydrogen) atoms. The Balaban J connectivity index is 2.77. The lowest BCUT2D eigenvalue weighted by molar-refractivity contribution is 0.0948. The van der Waals surface area contributed by atoms with E-state index in [0.29, 0.717) is 11.8 Å². The summed E-state index contributed by atoms with van der Waals surface area (Å²) in [6.45, 7) is 0. The van der Waals surface area contributed by atoms with E-state index in [9.17, 15) is 9.59 Å². The van der Waals surface area contributed by atoms with Crippen molar-refractivity contribution in [1.82, 2.24) is 5.43 Å². The first-order valence-electron chi connectivity index (χ1n) is 4.76. The smallest absolute Gasteiger partial charge is 0.265 e. The Morgan fingerprint density at radius 3 is 2.62 bits per heavy atom. The van der Waals surface area contributed by atoms with Crippen LogP contribution in [0.2, 0.25) is 0 Å². The zero-order valence-electron chi connectivity index (χ0n) is 8.44. The Kier molecular flexibility index (Phi) is 2.66. The fourth-order valence-corrected chi connectivity index (χ4v) is 1.70. The summed E-state index contributed by atoms with van der Waals surface area (Å²) >= 11 is 0. The van der Waals surface area contributed by atoms with Gasteiger partial charge in [0.05, 0.1) is 5.56 Å². The van der Waals surface area contributed by atoms with Crippen molar-refractivity contribution in [2.24, 2.45) is 5.84 Å². The van der Waals surface area contributed by atoms with Crippen LogP contribution in [0.3, 0.4) is 0 Å². The summed E-state index contributed by atoms with van der Waals surface area (Å²) in [6, 6.07) is 10.7. The number of hydrazine groups is 1. The van der Waals surface area contributed by atoms with Gasteiger partial charge in [-0.25, -0.2) is 5.84 Å². The number of nitrogens with one attached hydrogen (secondary N) is 1. The lowest BCUT2D eigenvalue weighted by Crippen LogP contribution is -2.30. The predicted octanol–water partition coefficient (Wildman–Crippen LogP) is 1.26. The molecule has 4 nitrogen and oxygen atoms in total. The van der Waals surface area contributed by atoms with E-state index in [4.69, 9.17) is 5.84 Å². The van der Waals surface area contributed by atoms with Gasteiger partial charge in [-0.2, -0.15) is 0 Å². The first-order valence-corrected chi connectivity index (χ1v) is 4.76. The summed E-state index contributed by atoms with van der Waals surface area (Å²) in [4.78, 5) is 22.5. The highest BCUT2D eigenvalue weighted by atomic mass is 16.2. The van der Waals surface area contributed by atoms with Gasteiger partial charge in [-0.1, -0.05) is 30.3 Å². The van der Waals surface area contributed by atoms with Gasteiger partial charge in [-0.3, -0.25) is 15.0 Å². The standard InChI is InChI=1S/C12H10N2O2/c13-14-12(16)10-6-5-8-3-1-2-4-9(8)11(10)7-15/h1-7H,13H2,(H,14,16). The number of amides is 1. The van der Waals surface area contributed by atoms with Crippen molar-refractivity contribution in [1.29, 1.82) is 0 Å². The molecular weight excluding hydrogens is 204 g/mol. The molecule has 2 aromatic carbocycles. The molecule has 0 saturated carbocycles. The van der Waals surface area contributed by atoms with E-state index in [2.05, 4.69) is 0 Å². The average Bonchev–Trinajstić information content (AvgIpc) is 2.36. The zero-order chi connectivity index (χ0) is 11.5. The highest BCUT2D eigenvalue weighted by Gasteiger charge is 2.12. The third kappa shape index (κ3) is 1.55. The molecule has 0 radical (unpaired) electrons. The maximum atomic E-state index is 11.4. The van der Waals surface area contributed by atoms with E-state index in [1.807, 2.05) is 23.6 Å². The molecule has 0 aromatic heterocycles. The molecule has 0 bridgehead atoms. The second kappa shape index (κ2) is 4.12. The van der Waals surface area contributed by atoms with Crippen molar-refractivity contribution in [2.75, 3.05) is 0 Å². The molecule has 0 fully saturated rings. The molecule has 3 N–H and O–H groups in total. The van der Waals surface area contributed by atoms with Crippen molar-refractivity contribution in [3.05, 3.63) is 47.5 Å². The van der Waals surface area contributed by atoms with E-state index >= 15 is 0 Å². The van der Waals surface area contributed by atoms with Crippen LogP contribution >= 0.6 is 0 Å². The summed E-state index contributed by atoms with van der Waals surface area (Å²) in [5.74, 6) is 4.59. The number of hydrogen-bond acceptors (Lipinski definition) is 3. The van der Waals surface area contributed by atoms with Crippen LogP contribution in [0, 0.1) is 0 Å². The largest absolute Gasteiger partial charge is 0.298 e. The quantitative estimate of drug-likeness (QED) is 0.342. The van der Waals surface area contributed by atoms with Gasteiger partial charge in [0, 0.05) is 5.56 Å². The summed E-state index contributed by atoms with van der Waals surface area (Å²) in [7, 11) is 0. The lowest BCUT2D eigenvalue weighted by Gasteiger charge is -2.06. The van der Waals surface area contributed by atoms with Gasteiger partial charge in [0.15, 0.2) is 6.29 Å². The third-order valence-corrected chi connectivity index (χ3v) is 2.46. The van der Waals surface area contributed by atoms with Crippen LogP contribution in [0.1, 0.15) is 20.7 Å². The van der Waals surface area contributed by atoms with Crippen LogP contribution in [-0.4, -0.2) is 12.2 Å². The molecule has 1 amide bonds. The number of rotatable bonds is 2. The van der Waals surface area contributed by atoms with Gasteiger partial charge in [-0.05, 0) is 16.8 Å². The number of carbonyl (C=O) groups is 2. The summed E-state index contributed by atoms with van der Waals surface area (Å²) in [6.07, 6.45) is 0.674. The van der Waals surface area contributed by atoms with Gasteiger partial charge < -0.3 is 0 Å². The van der Waals surface area contributed by atoms with Crippen LogP contribution in [0.5, 0.6) is 0 Å². The molecule has 0 aliphatic rings. The maximum Gasteiger partial charge on any atom is 0.265 e. The summed E-state index contributed by atoms with van der Waals surface area (Å²) in [5, 5.41) is 1.66. The molecular formula is C12H10N2O2. The fourth-order valence-electron chi connectivity index (χ4n) is 1.70. The molecule has 2 aromatic rings. The molecule has 2 rings (SSSR count). The minimum atomic E-state index is -0.465. The van der Waals surface area contributed by atoms with Crippen LogP contribution < -0.4 is 11.3 Å². The SMILES string of the molecule is NNC(=O)c1ccc2ccccc2c1C=O. The fraction of sp³-hybridized carbons (Fsp3) is 0. The first-order chi connectivity index (χ1) is 7.77. The molecule has 80 valence electrons. The van der Waals surface area contributed by atoms with Crippen molar-refractivity contribution >= 4 is 23.0 Å². The first kappa shape index (κ1) is 10.3. The third-order valence-electron chi connectivity index (χ3n) is 2.46. The number of aldehydes is 1. The van der Waals surface area contributed by atoms with Crippen molar-refractivity contribution < 1.29 is 9.59 Å². The Morgan fingerprint density at radius 1 is 1.19 bits per heavy atom. The number of fused-ring (bicyclic) bond motifs is 1. The molecule has 0 atom stereocenters. The molecule has 0 unspecified atom stereocenters. The second-order valence-corrected chi connectivity index (χ2v) is 3.34. The van der Waals surface area contributed by atoms with Gasteiger partial charge in [0.2, 0.25) is 0 Å². The van der Waals surface area contributed by atoms with Crippen LogP contribution in [0.15, 0.2) is 36.4 Å². The van der Waals surface area contributed by atoms with E-state index in [1.165, 1.54) is 0 Å². The molecule has 0 aliphatic heterocycles. The van der Waals surface area contributed by atoms with E-state index < -0.39 is 5.91 Å². The number of carbonyl (C=O) groups excluding carboxylic acids is 2. The van der Waals surface area contributed by atoms with Crippen LogP contribution in [0.25, 0.3) is 10.8 Å². The zero-order valence-corrected chi connectivity index (χ0v) is 8.44. The Labute approximate surface area is 92.0 Å². The summed E-state index contributed by atoms with van der Waals surface area (Å²) in [5.41, 5.74) is 2.67.